The van der Waals surface area contributed by atoms with Crippen LogP contribution in [0, 0.1) is 13.8 Å². The predicted molar refractivity (Wildman–Crippen MR) is 90.7 cm³/mol. The van der Waals surface area contributed by atoms with Crippen LogP contribution in [0.15, 0.2) is 24.4 Å². The van der Waals surface area contributed by atoms with Crippen molar-refractivity contribution in [1.29, 1.82) is 0 Å². The van der Waals surface area contributed by atoms with E-state index in [1.165, 1.54) is 11.1 Å². The molecule has 1 aromatic carbocycles. The standard InChI is InChI=1S/C16H24N6/c1-12-7-5-8-13(2)15(12)19-14-11-18-21-16(20-14)17-9-6-10-22(3)4/h5,7-8,11H,6,9-10H2,1-4H3,(H2,17,19,20,21). The van der Waals surface area contributed by atoms with Gasteiger partial charge in [0.25, 0.3) is 0 Å². The minimum absolute atomic E-state index is 0.551. The third kappa shape index (κ3) is 4.66. The molecule has 22 heavy (non-hydrogen) atoms. The van der Waals surface area contributed by atoms with E-state index in [1.807, 2.05) is 6.07 Å². The molecule has 0 saturated heterocycles. The number of aryl methyl sites for hydroxylation is 2. The second-order valence-corrected chi connectivity index (χ2v) is 5.64. The molecule has 0 amide bonds. The fourth-order valence-corrected chi connectivity index (χ4v) is 2.17. The van der Waals surface area contributed by atoms with E-state index in [1.54, 1.807) is 6.20 Å². The maximum absolute atomic E-state index is 4.46. The van der Waals surface area contributed by atoms with Gasteiger partial charge in [-0.05, 0) is 52.0 Å². The Morgan fingerprint density at radius 2 is 1.86 bits per heavy atom. The average molecular weight is 300 g/mol. The monoisotopic (exact) mass is 300 g/mol. The zero-order chi connectivity index (χ0) is 15.9. The molecule has 0 aliphatic carbocycles. The summed E-state index contributed by atoms with van der Waals surface area (Å²) in [4.78, 5) is 6.61. The highest BCUT2D eigenvalue weighted by atomic mass is 15.3. The highest BCUT2D eigenvalue weighted by Gasteiger charge is 2.05. The molecule has 0 atom stereocenters. The molecule has 2 N–H and O–H groups in total. The van der Waals surface area contributed by atoms with E-state index in [2.05, 4.69) is 70.8 Å². The number of benzene rings is 1. The Kier molecular flexibility index (Phi) is 5.66. The van der Waals surface area contributed by atoms with E-state index >= 15 is 0 Å². The summed E-state index contributed by atoms with van der Waals surface area (Å²) in [6.07, 6.45) is 2.67. The molecule has 6 nitrogen and oxygen atoms in total. The zero-order valence-electron chi connectivity index (χ0n) is 13.7. The lowest BCUT2D eigenvalue weighted by molar-refractivity contribution is 0.405. The number of rotatable bonds is 7. The summed E-state index contributed by atoms with van der Waals surface area (Å²) in [6.45, 7) is 6.00. The quantitative estimate of drug-likeness (QED) is 0.766. The SMILES string of the molecule is Cc1cccc(C)c1Nc1cnnc(NCCCN(C)C)n1. The lowest BCUT2D eigenvalue weighted by Crippen LogP contribution is -2.17. The van der Waals surface area contributed by atoms with Crippen LogP contribution in [0.5, 0.6) is 0 Å². The van der Waals surface area contributed by atoms with Crippen LogP contribution < -0.4 is 10.6 Å². The van der Waals surface area contributed by atoms with Gasteiger partial charge in [0.1, 0.15) is 0 Å². The molecule has 0 saturated carbocycles. The molecule has 0 aliphatic rings. The molecule has 0 bridgehead atoms. The summed E-state index contributed by atoms with van der Waals surface area (Å²) in [5.41, 5.74) is 3.43. The first kappa shape index (κ1) is 16.2. The van der Waals surface area contributed by atoms with E-state index in [4.69, 9.17) is 0 Å². The van der Waals surface area contributed by atoms with Crippen molar-refractivity contribution < 1.29 is 0 Å². The van der Waals surface area contributed by atoms with Gasteiger partial charge >= 0.3 is 0 Å². The van der Waals surface area contributed by atoms with Crippen molar-refractivity contribution in [3.63, 3.8) is 0 Å². The van der Waals surface area contributed by atoms with Crippen molar-refractivity contribution in [2.45, 2.75) is 20.3 Å². The maximum Gasteiger partial charge on any atom is 0.244 e. The Labute approximate surface area is 132 Å². The van der Waals surface area contributed by atoms with Crippen LogP contribution in [0.1, 0.15) is 17.5 Å². The van der Waals surface area contributed by atoms with Crippen molar-refractivity contribution in [3.8, 4) is 0 Å². The van der Waals surface area contributed by atoms with Crippen LogP contribution >= 0.6 is 0 Å². The predicted octanol–water partition coefficient (Wildman–Crippen LogP) is 2.60. The molecule has 6 heteroatoms. The number of nitrogens with zero attached hydrogens (tertiary/aromatic N) is 4. The minimum atomic E-state index is 0.551. The molecule has 0 fully saturated rings. The molecular weight excluding hydrogens is 276 g/mol. The van der Waals surface area contributed by atoms with Crippen LogP contribution in [0.3, 0.4) is 0 Å². The third-order valence-electron chi connectivity index (χ3n) is 3.36. The van der Waals surface area contributed by atoms with Gasteiger partial charge in [-0.25, -0.2) is 0 Å². The van der Waals surface area contributed by atoms with Crippen LogP contribution in [-0.2, 0) is 0 Å². The number of hydrogen-bond acceptors (Lipinski definition) is 6. The number of nitrogens with one attached hydrogen (secondary N) is 2. The van der Waals surface area contributed by atoms with Crippen molar-refractivity contribution in [2.24, 2.45) is 0 Å². The lowest BCUT2D eigenvalue weighted by Gasteiger charge is -2.12. The fraction of sp³-hybridized carbons (Fsp3) is 0.438. The molecule has 118 valence electrons. The Balaban J connectivity index is 1.99. The molecule has 0 aliphatic heterocycles. The molecule has 0 spiro atoms. The van der Waals surface area contributed by atoms with Gasteiger partial charge in [-0.3, -0.25) is 0 Å². The van der Waals surface area contributed by atoms with E-state index < -0.39 is 0 Å². The van der Waals surface area contributed by atoms with Gasteiger partial charge in [0.05, 0.1) is 6.20 Å². The molecule has 2 aromatic rings. The summed E-state index contributed by atoms with van der Waals surface area (Å²) in [6, 6.07) is 6.19. The molecule has 2 rings (SSSR count). The Morgan fingerprint density at radius 1 is 1.14 bits per heavy atom. The van der Waals surface area contributed by atoms with Crippen molar-refractivity contribution in [2.75, 3.05) is 37.8 Å². The second-order valence-electron chi connectivity index (χ2n) is 5.64. The van der Waals surface area contributed by atoms with Crippen LogP contribution in [-0.4, -0.2) is 47.3 Å². The summed E-state index contributed by atoms with van der Waals surface area (Å²) < 4.78 is 0. The van der Waals surface area contributed by atoms with Crippen LogP contribution in [0.25, 0.3) is 0 Å². The van der Waals surface area contributed by atoms with Gasteiger partial charge < -0.3 is 15.5 Å². The molecular formula is C16H24N6. The summed E-state index contributed by atoms with van der Waals surface area (Å²) in [5.74, 6) is 1.25. The van der Waals surface area contributed by atoms with Crippen LogP contribution in [0.4, 0.5) is 17.5 Å². The highest BCUT2D eigenvalue weighted by molar-refractivity contribution is 5.64. The van der Waals surface area contributed by atoms with Crippen LogP contribution in [0.2, 0.25) is 0 Å². The Bertz CT molecular complexity index is 591. The largest absolute Gasteiger partial charge is 0.353 e. The summed E-state index contributed by atoms with van der Waals surface area (Å²) >= 11 is 0. The molecule has 1 aromatic heterocycles. The lowest BCUT2D eigenvalue weighted by atomic mass is 10.1. The average Bonchev–Trinajstić information content (AvgIpc) is 2.48. The number of anilines is 3. The maximum atomic E-state index is 4.46. The van der Waals surface area contributed by atoms with Gasteiger partial charge in [0.15, 0.2) is 5.82 Å². The van der Waals surface area contributed by atoms with Gasteiger partial charge in [0, 0.05) is 12.2 Å². The van der Waals surface area contributed by atoms with E-state index in [0.717, 1.165) is 25.2 Å². The van der Waals surface area contributed by atoms with E-state index in [0.29, 0.717) is 11.8 Å². The molecule has 1 heterocycles. The van der Waals surface area contributed by atoms with E-state index in [-0.39, 0.29) is 0 Å². The molecule has 0 radical (unpaired) electrons. The fourth-order valence-electron chi connectivity index (χ4n) is 2.17. The Hall–Kier alpha value is -2.21. The van der Waals surface area contributed by atoms with E-state index in [9.17, 15) is 0 Å². The van der Waals surface area contributed by atoms with Crippen molar-refractivity contribution >= 4 is 17.5 Å². The van der Waals surface area contributed by atoms with Gasteiger partial charge in [-0.2, -0.15) is 10.1 Å². The smallest absolute Gasteiger partial charge is 0.244 e. The number of para-hydroxylation sites is 1. The zero-order valence-corrected chi connectivity index (χ0v) is 13.7. The number of hydrogen-bond donors (Lipinski definition) is 2. The normalized spacial score (nSPS) is 10.8. The first-order chi connectivity index (χ1) is 10.6. The van der Waals surface area contributed by atoms with Gasteiger partial charge in [0.2, 0.25) is 5.95 Å². The highest BCUT2D eigenvalue weighted by Crippen LogP contribution is 2.23. The first-order valence-corrected chi connectivity index (χ1v) is 7.48. The minimum Gasteiger partial charge on any atom is -0.353 e. The molecule has 0 unspecified atom stereocenters. The third-order valence-corrected chi connectivity index (χ3v) is 3.36. The van der Waals surface area contributed by atoms with Crippen molar-refractivity contribution in [3.05, 3.63) is 35.5 Å². The van der Waals surface area contributed by atoms with Crippen molar-refractivity contribution in [1.82, 2.24) is 20.1 Å². The van der Waals surface area contributed by atoms with Gasteiger partial charge in [-0.15, -0.1) is 5.10 Å². The topological polar surface area (TPSA) is 66.0 Å². The first-order valence-electron chi connectivity index (χ1n) is 7.48. The van der Waals surface area contributed by atoms with Gasteiger partial charge in [-0.1, -0.05) is 18.2 Å². The number of aromatic nitrogens is 3. The summed E-state index contributed by atoms with van der Waals surface area (Å²) in [7, 11) is 4.13. The second kappa shape index (κ2) is 7.70. The Morgan fingerprint density at radius 3 is 2.55 bits per heavy atom. The summed E-state index contributed by atoms with van der Waals surface area (Å²) in [5, 5.41) is 14.6.